The van der Waals surface area contributed by atoms with Crippen molar-refractivity contribution in [2.75, 3.05) is 5.73 Å². The Morgan fingerprint density at radius 3 is 2.74 bits per heavy atom. The lowest BCUT2D eigenvalue weighted by atomic mass is 10.2. The van der Waals surface area contributed by atoms with Crippen LogP contribution in [0.1, 0.15) is 0 Å². The Morgan fingerprint density at radius 1 is 1.26 bits per heavy atom. The summed E-state index contributed by atoms with van der Waals surface area (Å²) in [7, 11) is 1.70. The van der Waals surface area contributed by atoms with Gasteiger partial charge in [0, 0.05) is 7.05 Å². The van der Waals surface area contributed by atoms with Crippen molar-refractivity contribution >= 4 is 5.82 Å². The molecule has 0 aliphatic heterocycles. The van der Waals surface area contributed by atoms with Crippen molar-refractivity contribution in [2.24, 2.45) is 7.05 Å². The van der Waals surface area contributed by atoms with Crippen LogP contribution < -0.4 is 5.73 Å². The highest BCUT2D eigenvalue weighted by Crippen LogP contribution is 2.26. The number of hydrogen-bond acceptors (Lipinski definition) is 5. The van der Waals surface area contributed by atoms with Crippen LogP contribution >= 0.6 is 0 Å². The van der Waals surface area contributed by atoms with E-state index in [1.807, 2.05) is 0 Å². The van der Waals surface area contributed by atoms with Gasteiger partial charge in [0.15, 0.2) is 0 Å². The zero-order chi connectivity index (χ0) is 13.4. The van der Waals surface area contributed by atoms with Gasteiger partial charge >= 0.3 is 0 Å². The van der Waals surface area contributed by atoms with E-state index in [1.165, 1.54) is 16.9 Å². The fourth-order valence-electron chi connectivity index (χ4n) is 1.70. The molecule has 0 atom stereocenters. The first-order valence-electron chi connectivity index (χ1n) is 5.53. The number of nitrogens with two attached hydrogens (primary N) is 1. The predicted molar refractivity (Wildman–Crippen MR) is 66.3 cm³/mol. The molecule has 0 bridgehead atoms. The fraction of sp³-hybridized carbons (Fsp3) is 0.0833. The van der Waals surface area contributed by atoms with Gasteiger partial charge in [-0.05, 0) is 12.1 Å². The quantitative estimate of drug-likeness (QED) is 0.759. The van der Waals surface area contributed by atoms with E-state index in [2.05, 4.69) is 15.2 Å². The summed E-state index contributed by atoms with van der Waals surface area (Å²) in [6.07, 6.45) is 1.52. The van der Waals surface area contributed by atoms with Gasteiger partial charge in [-0.1, -0.05) is 17.3 Å². The number of anilines is 1. The number of aromatic nitrogens is 4. The maximum atomic E-state index is 13.6. The molecule has 3 aromatic rings. The molecule has 6 nitrogen and oxygen atoms in total. The lowest BCUT2D eigenvalue weighted by Gasteiger charge is -1.95. The van der Waals surface area contributed by atoms with E-state index in [4.69, 9.17) is 10.3 Å². The van der Waals surface area contributed by atoms with E-state index in [0.29, 0.717) is 11.4 Å². The van der Waals surface area contributed by atoms with Crippen LogP contribution in [-0.2, 0) is 7.05 Å². The van der Waals surface area contributed by atoms with Gasteiger partial charge in [-0.2, -0.15) is 10.1 Å². The summed E-state index contributed by atoms with van der Waals surface area (Å²) in [5.74, 6) is 0.387. The third-order valence-electron chi connectivity index (χ3n) is 2.76. The number of rotatable bonds is 2. The number of halogens is 1. The lowest BCUT2D eigenvalue weighted by Crippen LogP contribution is -1.98. The lowest BCUT2D eigenvalue weighted by molar-refractivity contribution is 0.432. The van der Waals surface area contributed by atoms with Crippen molar-refractivity contribution in [2.45, 2.75) is 0 Å². The summed E-state index contributed by atoms with van der Waals surface area (Å²) in [6, 6.07) is 6.21. The van der Waals surface area contributed by atoms with E-state index < -0.39 is 5.82 Å². The first kappa shape index (κ1) is 11.4. The maximum Gasteiger partial charge on any atom is 0.263 e. The number of benzene rings is 1. The Labute approximate surface area is 107 Å². The smallest absolute Gasteiger partial charge is 0.263 e. The Hall–Kier alpha value is -2.70. The monoisotopic (exact) mass is 259 g/mol. The number of hydrogen-bond donors (Lipinski definition) is 1. The molecule has 0 saturated carbocycles. The van der Waals surface area contributed by atoms with E-state index in [0.717, 1.165) is 0 Å². The highest BCUT2D eigenvalue weighted by atomic mass is 19.1. The minimum absolute atomic E-state index is 0.177. The van der Waals surface area contributed by atoms with Crippen LogP contribution in [0, 0.1) is 5.82 Å². The van der Waals surface area contributed by atoms with Gasteiger partial charge in [-0.15, -0.1) is 0 Å². The number of nitrogens with zero attached hydrogens (tertiary/aromatic N) is 4. The number of nitrogen functional groups attached to an aromatic ring is 1. The topological polar surface area (TPSA) is 82.8 Å². The molecule has 2 heterocycles. The third kappa shape index (κ3) is 1.85. The van der Waals surface area contributed by atoms with Crippen LogP contribution in [0.2, 0.25) is 0 Å². The van der Waals surface area contributed by atoms with Crippen LogP contribution in [0.4, 0.5) is 10.2 Å². The molecular weight excluding hydrogens is 249 g/mol. The highest BCUT2D eigenvalue weighted by Gasteiger charge is 2.17. The van der Waals surface area contributed by atoms with Crippen molar-refractivity contribution in [3.63, 3.8) is 0 Å². The standard InChI is InChI=1S/C12H10FN5O/c1-18-10(14)8(6-15-18)12-16-11(17-19-12)7-4-2-3-5-9(7)13/h2-6H,14H2,1H3. The van der Waals surface area contributed by atoms with Gasteiger partial charge < -0.3 is 10.3 Å². The average Bonchev–Trinajstić information content (AvgIpc) is 2.99. The second kappa shape index (κ2) is 4.20. The molecule has 19 heavy (non-hydrogen) atoms. The number of aryl methyl sites for hydroxylation is 1. The van der Waals surface area contributed by atoms with Gasteiger partial charge in [-0.3, -0.25) is 4.68 Å². The van der Waals surface area contributed by atoms with E-state index >= 15 is 0 Å². The van der Waals surface area contributed by atoms with E-state index in [9.17, 15) is 4.39 Å². The zero-order valence-electron chi connectivity index (χ0n) is 10.0. The molecule has 0 saturated heterocycles. The van der Waals surface area contributed by atoms with Gasteiger partial charge in [-0.25, -0.2) is 4.39 Å². The molecule has 0 radical (unpaired) electrons. The summed E-state index contributed by atoms with van der Waals surface area (Å²) >= 11 is 0. The SMILES string of the molecule is Cn1ncc(-c2nc(-c3ccccc3F)no2)c1N. The molecule has 0 spiro atoms. The molecule has 0 unspecified atom stereocenters. The Bertz CT molecular complexity index is 733. The van der Waals surface area contributed by atoms with Crippen molar-refractivity contribution in [3.05, 3.63) is 36.3 Å². The molecule has 0 amide bonds. The van der Waals surface area contributed by atoms with Crippen molar-refractivity contribution in [1.29, 1.82) is 0 Å². The molecule has 3 rings (SSSR count). The largest absolute Gasteiger partial charge is 0.383 e. The minimum Gasteiger partial charge on any atom is -0.383 e. The van der Waals surface area contributed by atoms with Crippen LogP contribution in [0.3, 0.4) is 0 Å². The van der Waals surface area contributed by atoms with E-state index in [-0.39, 0.29) is 17.3 Å². The van der Waals surface area contributed by atoms with Crippen molar-refractivity contribution in [3.8, 4) is 22.8 Å². The van der Waals surface area contributed by atoms with E-state index in [1.54, 1.807) is 25.2 Å². The van der Waals surface area contributed by atoms with Crippen molar-refractivity contribution < 1.29 is 8.91 Å². The summed E-state index contributed by atoms with van der Waals surface area (Å²) in [6.45, 7) is 0. The van der Waals surface area contributed by atoms with Crippen LogP contribution in [0.15, 0.2) is 35.0 Å². The minimum atomic E-state index is -0.408. The maximum absolute atomic E-state index is 13.6. The Balaban J connectivity index is 2.05. The molecule has 0 fully saturated rings. The predicted octanol–water partition coefficient (Wildman–Crippen LogP) is 1.86. The van der Waals surface area contributed by atoms with Crippen LogP contribution in [0.5, 0.6) is 0 Å². The first-order valence-corrected chi connectivity index (χ1v) is 5.53. The summed E-state index contributed by atoms with van der Waals surface area (Å²) < 4.78 is 20.2. The highest BCUT2D eigenvalue weighted by molar-refractivity contribution is 5.68. The average molecular weight is 259 g/mol. The summed E-state index contributed by atoms with van der Waals surface area (Å²) in [4.78, 5) is 4.13. The fourth-order valence-corrected chi connectivity index (χ4v) is 1.70. The second-order valence-corrected chi connectivity index (χ2v) is 3.97. The molecule has 0 aliphatic carbocycles. The molecule has 7 heteroatoms. The molecule has 2 N–H and O–H groups in total. The third-order valence-corrected chi connectivity index (χ3v) is 2.76. The summed E-state index contributed by atoms with van der Waals surface area (Å²) in [5, 5.41) is 7.74. The second-order valence-electron chi connectivity index (χ2n) is 3.97. The van der Waals surface area contributed by atoms with Crippen molar-refractivity contribution in [1.82, 2.24) is 19.9 Å². The zero-order valence-corrected chi connectivity index (χ0v) is 10.0. The normalized spacial score (nSPS) is 10.8. The van der Waals surface area contributed by atoms with Gasteiger partial charge in [0.1, 0.15) is 17.2 Å². The molecule has 2 aromatic heterocycles. The first-order chi connectivity index (χ1) is 9.16. The van der Waals surface area contributed by atoms with Gasteiger partial charge in [0.2, 0.25) is 5.82 Å². The molecule has 1 aromatic carbocycles. The van der Waals surface area contributed by atoms with Crippen LogP contribution in [-0.4, -0.2) is 19.9 Å². The Morgan fingerprint density at radius 2 is 2.05 bits per heavy atom. The molecule has 96 valence electrons. The van der Waals surface area contributed by atoms with Gasteiger partial charge in [0.05, 0.1) is 11.8 Å². The van der Waals surface area contributed by atoms with Gasteiger partial charge in [0.25, 0.3) is 5.89 Å². The molecular formula is C12H10FN5O. The Kier molecular flexibility index (Phi) is 2.52. The summed E-state index contributed by atoms with van der Waals surface area (Å²) in [5.41, 5.74) is 6.61. The van der Waals surface area contributed by atoms with Crippen LogP contribution in [0.25, 0.3) is 22.8 Å². The molecule has 0 aliphatic rings.